The lowest BCUT2D eigenvalue weighted by atomic mass is 10.0. The third-order valence-corrected chi connectivity index (χ3v) is 3.54. The van der Waals surface area contributed by atoms with Crippen molar-refractivity contribution in [2.75, 3.05) is 11.9 Å². The van der Waals surface area contributed by atoms with E-state index in [-0.39, 0.29) is 10.6 Å². The van der Waals surface area contributed by atoms with Gasteiger partial charge in [-0.2, -0.15) is 0 Å². The first-order valence-corrected chi connectivity index (χ1v) is 5.91. The Hall–Kier alpha value is -1.65. The first-order valence-electron chi connectivity index (χ1n) is 5.91. The Balaban J connectivity index is 2.12. The highest BCUT2D eigenvalue weighted by Crippen LogP contribution is 2.48. The number of aromatic nitrogens is 1. The Labute approximate surface area is 100 Å². The number of anilines is 1. The van der Waals surface area contributed by atoms with E-state index < -0.39 is 0 Å². The summed E-state index contributed by atoms with van der Waals surface area (Å²) in [4.78, 5) is 14.6. The summed E-state index contributed by atoms with van der Waals surface area (Å²) in [6.07, 6.45) is 5.17. The number of nitrogens with one attached hydrogen (secondary N) is 1. The van der Waals surface area contributed by atoms with Crippen molar-refractivity contribution in [2.45, 2.75) is 33.1 Å². The molecule has 92 valence electrons. The molecule has 5 heteroatoms. The predicted octanol–water partition coefficient (Wildman–Crippen LogP) is 2.90. The third-order valence-electron chi connectivity index (χ3n) is 3.54. The summed E-state index contributed by atoms with van der Waals surface area (Å²) in [6, 6.07) is 1.56. The predicted molar refractivity (Wildman–Crippen MR) is 66.1 cm³/mol. The van der Waals surface area contributed by atoms with Gasteiger partial charge in [0.05, 0.1) is 4.92 Å². The van der Waals surface area contributed by atoms with E-state index in [0.717, 1.165) is 18.5 Å². The first kappa shape index (κ1) is 11.8. The molecule has 2 rings (SSSR count). The highest BCUT2D eigenvalue weighted by molar-refractivity contribution is 5.56. The maximum atomic E-state index is 10.9. The van der Waals surface area contributed by atoms with Crippen LogP contribution in [-0.2, 0) is 0 Å². The van der Waals surface area contributed by atoms with Gasteiger partial charge >= 0.3 is 5.69 Å². The van der Waals surface area contributed by atoms with E-state index in [1.54, 1.807) is 19.2 Å². The van der Waals surface area contributed by atoms with Gasteiger partial charge in [0.1, 0.15) is 0 Å². The lowest BCUT2D eigenvalue weighted by Crippen LogP contribution is -2.16. The van der Waals surface area contributed by atoms with Crippen LogP contribution < -0.4 is 5.32 Å². The van der Waals surface area contributed by atoms with Crippen LogP contribution in [0, 0.1) is 22.5 Å². The zero-order chi connectivity index (χ0) is 12.5. The van der Waals surface area contributed by atoms with Crippen molar-refractivity contribution >= 4 is 11.5 Å². The van der Waals surface area contributed by atoms with Gasteiger partial charge < -0.3 is 5.32 Å². The molecule has 0 atom stereocenters. The second-order valence-corrected chi connectivity index (χ2v) is 4.84. The molecular weight excluding hydrogens is 218 g/mol. The number of nitro groups is 1. The largest absolute Gasteiger partial charge is 0.364 e. The highest BCUT2D eigenvalue weighted by Gasteiger charge is 2.40. The maximum Gasteiger partial charge on any atom is 0.311 e. The molecule has 17 heavy (non-hydrogen) atoms. The summed E-state index contributed by atoms with van der Waals surface area (Å²) in [6.45, 7) is 4.74. The summed E-state index contributed by atoms with van der Waals surface area (Å²) in [5.41, 5.74) is 1.22. The standard InChI is InChI=1S/C12H17N3O2/c1-3-12(4-5-12)8-14-11-10(15(16)17)6-9(2)7-13-11/h6-7H,3-5,8H2,1-2H3,(H,13,14). The Morgan fingerprint density at radius 3 is 2.82 bits per heavy atom. The molecule has 0 amide bonds. The SMILES string of the molecule is CCC1(CNc2ncc(C)cc2[N+](=O)[O-])CC1. The lowest BCUT2D eigenvalue weighted by molar-refractivity contribution is -0.384. The molecule has 0 bridgehead atoms. The van der Waals surface area contributed by atoms with Crippen molar-refractivity contribution < 1.29 is 4.92 Å². The highest BCUT2D eigenvalue weighted by atomic mass is 16.6. The zero-order valence-corrected chi connectivity index (χ0v) is 10.2. The molecule has 1 N–H and O–H groups in total. The fourth-order valence-electron chi connectivity index (χ4n) is 1.93. The quantitative estimate of drug-likeness (QED) is 0.629. The molecule has 1 aromatic heterocycles. The number of aryl methyl sites for hydroxylation is 1. The average Bonchev–Trinajstić information content (AvgIpc) is 3.08. The number of hydrogen-bond donors (Lipinski definition) is 1. The van der Waals surface area contributed by atoms with Crippen LogP contribution in [0.2, 0.25) is 0 Å². The summed E-state index contributed by atoms with van der Waals surface area (Å²) in [5, 5.41) is 14.0. The topological polar surface area (TPSA) is 68.1 Å². The van der Waals surface area contributed by atoms with Crippen LogP contribution in [0.4, 0.5) is 11.5 Å². The maximum absolute atomic E-state index is 10.9. The second kappa shape index (κ2) is 4.31. The summed E-state index contributed by atoms with van der Waals surface area (Å²) in [7, 11) is 0. The van der Waals surface area contributed by atoms with Crippen LogP contribution in [0.15, 0.2) is 12.3 Å². The second-order valence-electron chi connectivity index (χ2n) is 4.84. The molecule has 1 heterocycles. The van der Waals surface area contributed by atoms with Gasteiger partial charge in [-0.25, -0.2) is 4.98 Å². The zero-order valence-electron chi connectivity index (χ0n) is 10.2. The van der Waals surface area contributed by atoms with Crippen molar-refractivity contribution in [2.24, 2.45) is 5.41 Å². The van der Waals surface area contributed by atoms with Gasteiger partial charge in [0.25, 0.3) is 0 Å². The van der Waals surface area contributed by atoms with E-state index >= 15 is 0 Å². The van der Waals surface area contributed by atoms with Gasteiger partial charge in [-0.05, 0) is 37.2 Å². The number of pyridine rings is 1. The van der Waals surface area contributed by atoms with Gasteiger partial charge in [0.2, 0.25) is 5.82 Å². The van der Waals surface area contributed by atoms with Gasteiger partial charge in [-0.15, -0.1) is 0 Å². The molecular formula is C12H17N3O2. The van der Waals surface area contributed by atoms with Crippen LogP contribution >= 0.6 is 0 Å². The van der Waals surface area contributed by atoms with Crippen LogP contribution in [0.5, 0.6) is 0 Å². The van der Waals surface area contributed by atoms with Crippen LogP contribution in [0.25, 0.3) is 0 Å². The van der Waals surface area contributed by atoms with Crippen molar-refractivity contribution in [3.63, 3.8) is 0 Å². The minimum atomic E-state index is -0.381. The molecule has 0 aromatic carbocycles. The van der Waals surface area contributed by atoms with Gasteiger partial charge in [-0.1, -0.05) is 6.92 Å². The number of nitrogens with zero attached hydrogens (tertiary/aromatic N) is 2. The summed E-state index contributed by atoms with van der Waals surface area (Å²) in [5.74, 6) is 0.389. The van der Waals surface area contributed by atoms with Crippen molar-refractivity contribution in [1.29, 1.82) is 0 Å². The third kappa shape index (κ3) is 2.54. The fraction of sp³-hybridized carbons (Fsp3) is 0.583. The molecule has 1 fully saturated rings. The molecule has 0 aliphatic heterocycles. The van der Waals surface area contributed by atoms with Crippen molar-refractivity contribution in [3.8, 4) is 0 Å². The Bertz CT molecular complexity index is 441. The molecule has 0 spiro atoms. The van der Waals surface area contributed by atoms with Crippen LogP contribution in [0.3, 0.4) is 0 Å². The molecule has 0 unspecified atom stereocenters. The van der Waals surface area contributed by atoms with E-state index in [1.807, 2.05) is 0 Å². The van der Waals surface area contributed by atoms with Gasteiger partial charge in [0, 0.05) is 18.8 Å². The first-order chi connectivity index (χ1) is 8.06. The van der Waals surface area contributed by atoms with E-state index in [1.165, 1.54) is 12.8 Å². The fourth-order valence-corrected chi connectivity index (χ4v) is 1.93. The van der Waals surface area contributed by atoms with Gasteiger partial charge in [0.15, 0.2) is 0 Å². The summed E-state index contributed by atoms with van der Waals surface area (Å²) < 4.78 is 0. The van der Waals surface area contributed by atoms with Crippen LogP contribution in [-0.4, -0.2) is 16.5 Å². The minimum absolute atomic E-state index is 0.0666. The number of rotatable bonds is 5. The molecule has 1 aromatic rings. The van der Waals surface area contributed by atoms with Crippen molar-refractivity contribution in [1.82, 2.24) is 4.98 Å². The molecule has 1 saturated carbocycles. The normalized spacial score (nSPS) is 16.6. The number of hydrogen-bond acceptors (Lipinski definition) is 4. The summed E-state index contributed by atoms with van der Waals surface area (Å²) >= 11 is 0. The smallest absolute Gasteiger partial charge is 0.311 e. The van der Waals surface area contributed by atoms with Crippen molar-refractivity contribution in [3.05, 3.63) is 27.9 Å². The van der Waals surface area contributed by atoms with E-state index in [9.17, 15) is 10.1 Å². The van der Waals surface area contributed by atoms with E-state index in [4.69, 9.17) is 0 Å². The van der Waals surface area contributed by atoms with E-state index in [2.05, 4.69) is 17.2 Å². The van der Waals surface area contributed by atoms with Gasteiger partial charge in [-0.3, -0.25) is 10.1 Å². The Kier molecular flexibility index (Phi) is 3.00. The van der Waals surface area contributed by atoms with Crippen LogP contribution in [0.1, 0.15) is 31.7 Å². The van der Waals surface area contributed by atoms with E-state index in [0.29, 0.717) is 11.2 Å². The minimum Gasteiger partial charge on any atom is -0.364 e. The Morgan fingerprint density at radius 1 is 1.59 bits per heavy atom. The molecule has 0 radical (unpaired) electrons. The monoisotopic (exact) mass is 235 g/mol. The molecule has 5 nitrogen and oxygen atoms in total. The molecule has 1 aliphatic carbocycles. The average molecular weight is 235 g/mol. The lowest BCUT2D eigenvalue weighted by Gasteiger charge is -2.13. The molecule has 0 saturated heterocycles. The molecule has 1 aliphatic rings. The Morgan fingerprint density at radius 2 is 2.29 bits per heavy atom.